The van der Waals surface area contributed by atoms with E-state index in [0.29, 0.717) is 12.5 Å². The zero-order chi connectivity index (χ0) is 15.1. The first kappa shape index (κ1) is 15.4. The van der Waals surface area contributed by atoms with Crippen LogP contribution >= 0.6 is 0 Å². The third kappa shape index (κ3) is 4.25. The van der Waals surface area contributed by atoms with Gasteiger partial charge in [0.2, 0.25) is 0 Å². The number of para-hydroxylation sites is 1. The van der Waals surface area contributed by atoms with Crippen LogP contribution in [0, 0.1) is 0 Å². The monoisotopic (exact) mass is 283 g/mol. The van der Waals surface area contributed by atoms with Crippen molar-refractivity contribution in [2.75, 3.05) is 11.9 Å². The van der Waals surface area contributed by atoms with E-state index in [4.69, 9.17) is 4.74 Å². The average Bonchev–Trinajstić information content (AvgIpc) is 2.54. The van der Waals surface area contributed by atoms with E-state index >= 15 is 0 Å². The van der Waals surface area contributed by atoms with E-state index in [1.807, 2.05) is 25.1 Å². The average molecular weight is 283 g/mol. The van der Waals surface area contributed by atoms with Crippen LogP contribution in [0.2, 0.25) is 0 Å². The Morgan fingerprint density at radius 2 is 1.71 bits per heavy atom. The van der Waals surface area contributed by atoms with Gasteiger partial charge in [-0.1, -0.05) is 44.2 Å². The Morgan fingerprint density at radius 1 is 1.00 bits per heavy atom. The van der Waals surface area contributed by atoms with E-state index in [1.54, 1.807) is 0 Å². The van der Waals surface area contributed by atoms with Gasteiger partial charge >= 0.3 is 0 Å². The minimum atomic E-state index is 0.623. The minimum absolute atomic E-state index is 0.623. The lowest BCUT2D eigenvalue weighted by Gasteiger charge is -2.13. The van der Waals surface area contributed by atoms with Gasteiger partial charge in [-0.2, -0.15) is 0 Å². The smallest absolute Gasteiger partial charge is 0.124 e. The number of ether oxygens (including phenoxy) is 1. The van der Waals surface area contributed by atoms with Crippen LogP contribution in [0.4, 0.5) is 5.69 Å². The molecule has 0 saturated carbocycles. The Hall–Kier alpha value is -1.96. The topological polar surface area (TPSA) is 21.3 Å². The van der Waals surface area contributed by atoms with Crippen molar-refractivity contribution in [2.24, 2.45) is 0 Å². The Kier molecular flexibility index (Phi) is 5.68. The van der Waals surface area contributed by atoms with Crippen molar-refractivity contribution in [3.8, 4) is 5.75 Å². The van der Waals surface area contributed by atoms with Crippen LogP contribution < -0.4 is 10.1 Å². The number of nitrogens with one attached hydrogen (secondary N) is 1. The van der Waals surface area contributed by atoms with E-state index in [1.165, 1.54) is 17.5 Å². The molecule has 0 saturated heterocycles. The van der Waals surface area contributed by atoms with Crippen LogP contribution in [0.1, 0.15) is 44.2 Å². The molecule has 0 bridgehead atoms. The van der Waals surface area contributed by atoms with Crippen LogP contribution in [-0.2, 0) is 6.54 Å². The zero-order valence-corrected chi connectivity index (χ0v) is 13.2. The lowest BCUT2D eigenvalue weighted by molar-refractivity contribution is 0.337. The molecule has 0 fully saturated rings. The lowest BCUT2D eigenvalue weighted by atomic mass is 9.98. The standard InChI is InChI=1S/C19H25NO/c1-4-15(3)16-10-12-18(13-11-16)20-14-17-8-6-7-9-19(17)21-5-2/h6-13,15,20H,4-5,14H2,1-3H3. The Bertz CT molecular complexity index is 548. The summed E-state index contributed by atoms with van der Waals surface area (Å²) in [4.78, 5) is 0. The second-order valence-corrected chi connectivity index (χ2v) is 5.33. The first-order valence-electron chi connectivity index (χ1n) is 7.79. The fourth-order valence-corrected chi connectivity index (χ4v) is 2.31. The third-order valence-corrected chi connectivity index (χ3v) is 3.85. The largest absolute Gasteiger partial charge is 0.494 e. The van der Waals surface area contributed by atoms with Gasteiger partial charge in [0.25, 0.3) is 0 Å². The molecule has 0 aliphatic heterocycles. The molecule has 2 rings (SSSR count). The summed E-state index contributed by atoms with van der Waals surface area (Å²) in [5, 5.41) is 3.46. The normalized spacial score (nSPS) is 12.0. The van der Waals surface area contributed by atoms with E-state index < -0.39 is 0 Å². The molecule has 0 aliphatic carbocycles. The van der Waals surface area contributed by atoms with Gasteiger partial charge in [-0.3, -0.25) is 0 Å². The summed E-state index contributed by atoms with van der Waals surface area (Å²) >= 11 is 0. The summed E-state index contributed by atoms with van der Waals surface area (Å²) in [5.41, 5.74) is 3.73. The van der Waals surface area contributed by atoms with Crippen LogP contribution in [0.5, 0.6) is 5.75 Å². The molecule has 2 heteroatoms. The Balaban J connectivity index is 2.00. The molecule has 0 radical (unpaired) electrons. The van der Waals surface area contributed by atoms with Crippen molar-refractivity contribution in [1.29, 1.82) is 0 Å². The number of benzene rings is 2. The van der Waals surface area contributed by atoms with Gasteiger partial charge in [-0.15, -0.1) is 0 Å². The first-order valence-corrected chi connectivity index (χ1v) is 7.79. The van der Waals surface area contributed by atoms with E-state index in [2.05, 4.69) is 49.5 Å². The highest BCUT2D eigenvalue weighted by molar-refractivity contribution is 5.47. The molecule has 0 heterocycles. The van der Waals surface area contributed by atoms with E-state index in [-0.39, 0.29) is 0 Å². The van der Waals surface area contributed by atoms with Crippen LogP contribution in [0.15, 0.2) is 48.5 Å². The summed E-state index contributed by atoms with van der Waals surface area (Å²) in [7, 11) is 0. The first-order chi connectivity index (χ1) is 10.2. The summed E-state index contributed by atoms with van der Waals surface area (Å²) in [6.07, 6.45) is 1.18. The van der Waals surface area contributed by atoms with Gasteiger partial charge < -0.3 is 10.1 Å². The van der Waals surface area contributed by atoms with Crippen LogP contribution in [-0.4, -0.2) is 6.61 Å². The maximum atomic E-state index is 5.65. The number of hydrogen-bond acceptors (Lipinski definition) is 2. The van der Waals surface area contributed by atoms with Gasteiger partial charge in [-0.05, 0) is 43.0 Å². The molecule has 21 heavy (non-hydrogen) atoms. The number of hydrogen-bond donors (Lipinski definition) is 1. The Labute approximate surface area is 128 Å². The molecular formula is C19H25NO. The Morgan fingerprint density at radius 3 is 2.38 bits per heavy atom. The molecule has 112 valence electrons. The summed E-state index contributed by atoms with van der Waals surface area (Å²) in [6, 6.07) is 16.9. The van der Waals surface area contributed by atoms with Gasteiger partial charge in [-0.25, -0.2) is 0 Å². The highest BCUT2D eigenvalue weighted by Crippen LogP contribution is 2.22. The molecule has 0 spiro atoms. The van der Waals surface area contributed by atoms with Crippen LogP contribution in [0.3, 0.4) is 0 Å². The predicted molar refractivity (Wildman–Crippen MR) is 90.1 cm³/mol. The van der Waals surface area contributed by atoms with Crippen molar-refractivity contribution in [3.63, 3.8) is 0 Å². The molecule has 2 nitrogen and oxygen atoms in total. The molecule has 0 aromatic heterocycles. The molecule has 1 N–H and O–H groups in total. The number of rotatable bonds is 7. The molecule has 1 atom stereocenters. The summed E-state index contributed by atoms with van der Waals surface area (Å²) in [6.45, 7) is 7.97. The fourth-order valence-electron chi connectivity index (χ4n) is 2.31. The third-order valence-electron chi connectivity index (χ3n) is 3.85. The van der Waals surface area contributed by atoms with Gasteiger partial charge in [0, 0.05) is 17.8 Å². The van der Waals surface area contributed by atoms with Crippen molar-refractivity contribution >= 4 is 5.69 Å². The second kappa shape index (κ2) is 7.72. The molecular weight excluding hydrogens is 258 g/mol. The minimum Gasteiger partial charge on any atom is -0.494 e. The number of anilines is 1. The zero-order valence-electron chi connectivity index (χ0n) is 13.2. The van der Waals surface area contributed by atoms with Crippen molar-refractivity contribution in [2.45, 2.75) is 39.7 Å². The van der Waals surface area contributed by atoms with Crippen molar-refractivity contribution in [3.05, 3.63) is 59.7 Å². The summed E-state index contributed by atoms with van der Waals surface area (Å²) in [5.74, 6) is 1.58. The molecule has 0 amide bonds. The van der Waals surface area contributed by atoms with Crippen LogP contribution in [0.25, 0.3) is 0 Å². The van der Waals surface area contributed by atoms with Gasteiger partial charge in [0.1, 0.15) is 5.75 Å². The van der Waals surface area contributed by atoms with Crippen molar-refractivity contribution < 1.29 is 4.74 Å². The van der Waals surface area contributed by atoms with Gasteiger partial charge in [0.05, 0.1) is 6.61 Å². The second-order valence-electron chi connectivity index (χ2n) is 5.33. The van der Waals surface area contributed by atoms with Crippen molar-refractivity contribution in [1.82, 2.24) is 0 Å². The molecule has 2 aromatic rings. The summed E-state index contributed by atoms with van der Waals surface area (Å²) < 4.78 is 5.65. The van der Waals surface area contributed by atoms with Gasteiger partial charge in [0.15, 0.2) is 0 Å². The maximum absolute atomic E-state index is 5.65. The predicted octanol–water partition coefficient (Wildman–Crippen LogP) is 5.21. The highest BCUT2D eigenvalue weighted by atomic mass is 16.5. The lowest BCUT2D eigenvalue weighted by Crippen LogP contribution is -2.03. The fraction of sp³-hybridized carbons (Fsp3) is 0.368. The maximum Gasteiger partial charge on any atom is 0.124 e. The van der Waals surface area contributed by atoms with E-state index in [0.717, 1.165) is 18.0 Å². The van der Waals surface area contributed by atoms with E-state index in [9.17, 15) is 0 Å². The molecule has 2 aromatic carbocycles. The quantitative estimate of drug-likeness (QED) is 0.753. The SMILES string of the molecule is CCOc1ccccc1CNc1ccc(C(C)CC)cc1. The highest BCUT2D eigenvalue weighted by Gasteiger charge is 2.04. The molecule has 1 unspecified atom stereocenters. The molecule has 0 aliphatic rings.